The molecule has 1 heterocycles. The van der Waals surface area contributed by atoms with Crippen LogP contribution in [-0.2, 0) is 9.53 Å². The number of rotatable bonds is 8. The minimum atomic E-state index is -1.05. The summed E-state index contributed by atoms with van der Waals surface area (Å²) in [6, 6.07) is 15.0. The maximum absolute atomic E-state index is 13.2. The van der Waals surface area contributed by atoms with Crippen molar-refractivity contribution in [1.82, 2.24) is 0 Å². The summed E-state index contributed by atoms with van der Waals surface area (Å²) >= 11 is 0. The number of carbonyl (C=O) groups excluding carboxylic acids is 1. The topological polar surface area (TPSA) is 136 Å². The van der Waals surface area contributed by atoms with Gasteiger partial charge in [0.15, 0.2) is 28.4 Å². The summed E-state index contributed by atoms with van der Waals surface area (Å²) in [6.45, 7) is 3.63. The molecule has 0 spiro atoms. The molecular formula is C29H28O9. The standard InChI is InChI=1S/C29H28O9/c1-15(2)37-28-17(11-8-12-20(28)35-3)18(13-22(31)36-4)23-25(32)27(34)26(33)24-19(30)14-21(38-29(23)24)16-9-6-5-7-10-16/h5-12,14-15,18,32-34H,13H2,1-4H3/t18-/m0/s1. The molecule has 0 fully saturated rings. The van der Waals surface area contributed by atoms with E-state index >= 15 is 0 Å². The Bertz CT molecular complexity index is 1540. The van der Waals surface area contributed by atoms with Crippen LogP contribution in [0.1, 0.15) is 37.3 Å². The summed E-state index contributed by atoms with van der Waals surface area (Å²) in [5, 5.41) is 32.1. The van der Waals surface area contributed by atoms with Gasteiger partial charge in [0.1, 0.15) is 16.7 Å². The van der Waals surface area contributed by atoms with Gasteiger partial charge >= 0.3 is 5.97 Å². The minimum Gasteiger partial charge on any atom is -0.504 e. The Labute approximate surface area is 218 Å². The highest BCUT2D eigenvalue weighted by Crippen LogP contribution is 2.51. The Morgan fingerprint density at radius 3 is 2.29 bits per heavy atom. The molecule has 0 aliphatic heterocycles. The minimum absolute atomic E-state index is 0.0996. The molecule has 3 aromatic carbocycles. The third kappa shape index (κ3) is 4.82. The van der Waals surface area contributed by atoms with Crippen molar-refractivity contribution in [3.63, 3.8) is 0 Å². The molecule has 4 rings (SSSR count). The van der Waals surface area contributed by atoms with Gasteiger partial charge in [0.05, 0.1) is 26.7 Å². The number of esters is 1. The Morgan fingerprint density at radius 1 is 0.947 bits per heavy atom. The number of aromatic hydroxyl groups is 3. The lowest BCUT2D eigenvalue weighted by atomic mass is 9.85. The first kappa shape index (κ1) is 26.4. The first-order valence-electron chi connectivity index (χ1n) is 11.9. The Hall–Kier alpha value is -4.66. The predicted octanol–water partition coefficient (Wildman–Crippen LogP) is 5.07. The van der Waals surface area contributed by atoms with Gasteiger partial charge in [0.25, 0.3) is 0 Å². The molecule has 1 atom stereocenters. The summed E-state index contributed by atoms with van der Waals surface area (Å²) < 4.78 is 22.6. The molecule has 4 aromatic rings. The highest BCUT2D eigenvalue weighted by Gasteiger charge is 2.33. The highest BCUT2D eigenvalue weighted by molar-refractivity contribution is 5.94. The van der Waals surface area contributed by atoms with E-state index in [0.29, 0.717) is 22.6 Å². The molecule has 9 heteroatoms. The van der Waals surface area contributed by atoms with Crippen molar-refractivity contribution < 1.29 is 38.7 Å². The smallest absolute Gasteiger partial charge is 0.306 e. The van der Waals surface area contributed by atoms with Crippen LogP contribution in [0.2, 0.25) is 0 Å². The van der Waals surface area contributed by atoms with Gasteiger partial charge in [0.2, 0.25) is 5.75 Å². The molecule has 38 heavy (non-hydrogen) atoms. The average molecular weight is 521 g/mol. The molecule has 0 amide bonds. The van der Waals surface area contributed by atoms with Crippen LogP contribution in [0.4, 0.5) is 0 Å². The number of hydrogen-bond donors (Lipinski definition) is 3. The van der Waals surface area contributed by atoms with Crippen molar-refractivity contribution in [2.75, 3.05) is 14.2 Å². The lowest BCUT2D eigenvalue weighted by Crippen LogP contribution is -2.15. The van der Waals surface area contributed by atoms with E-state index in [1.54, 1.807) is 48.5 Å². The van der Waals surface area contributed by atoms with Crippen molar-refractivity contribution in [2.45, 2.75) is 32.3 Å². The molecule has 9 nitrogen and oxygen atoms in total. The van der Waals surface area contributed by atoms with Crippen molar-refractivity contribution >= 4 is 16.9 Å². The van der Waals surface area contributed by atoms with E-state index in [1.807, 2.05) is 13.8 Å². The highest BCUT2D eigenvalue weighted by atomic mass is 16.5. The van der Waals surface area contributed by atoms with Gasteiger partial charge in [-0.25, -0.2) is 0 Å². The normalized spacial score (nSPS) is 11.9. The second kappa shape index (κ2) is 10.8. The van der Waals surface area contributed by atoms with E-state index in [1.165, 1.54) is 20.3 Å². The van der Waals surface area contributed by atoms with Gasteiger partial charge < -0.3 is 33.9 Å². The van der Waals surface area contributed by atoms with Gasteiger partial charge in [-0.3, -0.25) is 9.59 Å². The lowest BCUT2D eigenvalue weighted by Gasteiger charge is -2.25. The fraction of sp³-hybridized carbons (Fsp3) is 0.241. The maximum atomic E-state index is 13.2. The molecule has 0 unspecified atom stereocenters. The van der Waals surface area contributed by atoms with Crippen LogP contribution in [-0.4, -0.2) is 41.6 Å². The van der Waals surface area contributed by atoms with Gasteiger partial charge in [-0.05, 0) is 19.9 Å². The van der Waals surface area contributed by atoms with Gasteiger partial charge in [-0.15, -0.1) is 0 Å². The zero-order chi connectivity index (χ0) is 27.6. The number of benzene rings is 3. The summed E-state index contributed by atoms with van der Waals surface area (Å²) in [4.78, 5) is 25.8. The van der Waals surface area contributed by atoms with Crippen LogP contribution in [0.5, 0.6) is 28.7 Å². The summed E-state index contributed by atoms with van der Waals surface area (Å²) in [5.41, 5.74) is 0.0196. The molecule has 0 bridgehead atoms. The second-order valence-electron chi connectivity index (χ2n) is 8.88. The molecule has 0 radical (unpaired) electrons. The monoisotopic (exact) mass is 520 g/mol. The van der Waals surface area contributed by atoms with E-state index in [4.69, 9.17) is 18.6 Å². The van der Waals surface area contributed by atoms with Crippen molar-refractivity contribution in [3.05, 3.63) is 75.9 Å². The van der Waals surface area contributed by atoms with Crippen LogP contribution in [0.15, 0.2) is 63.8 Å². The molecule has 1 aromatic heterocycles. The number of carbonyl (C=O) groups is 1. The molecule has 0 aliphatic rings. The molecule has 198 valence electrons. The molecular weight excluding hydrogens is 492 g/mol. The third-order valence-corrected chi connectivity index (χ3v) is 6.10. The Kier molecular flexibility index (Phi) is 7.47. The Morgan fingerprint density at radius 2 is 1.66 bits per heavy atom. The summed E-state index contributed by atoms with van der Waals surface area (Å²) in [6.07, 6.45) is -0.616. The van der Waals surface area contributed by atoms with E-state index in [-0.39, 0.29) is 34.8 Å². The molecule has 0 aliphatic carbocycles. The van der Waals surface area contributed by atoms with Crippen LogP contribution in [0.25, 0.3) is 22.3 Å². The van der Waals surface area contributed by atoms with E-state index in [2.05, 4.69) is 0 Å². The zero-order valence-corrected chi connectivity index (χ0v) is 21.3. The quantitative estimate of drug-likeness (QED) is 0.215. The van der Waals surface area contributed by atoms with Gasteiger partial charge in [0, 0.05) is 28.7 Å². The van der Waals surface area contributed by atoms with Crippen LogP contribution < -0.4 is 14.9 Å². The number of phenolic OH excluding ortho intramolecular Hbond substituents is 3. The average Bonchev–Trinajstić information content (AvgIpc) is 2.91. The predicted molar refractivity (Wildman–Crippen MR) is 140 cm³/mol. The SMILES string of the molecule is COC(=O)C[C@@H](c1cccc(OC)c1OC(C)C)c1c(O)c(O)c(O)c2c(=O)cc(-c3ccccc3)oc12. The van der Waals surface area contributed by atoms with Crippen LogP contribution in [0.3, 0.4) is 0 Å². The van der Waals surface area contributed by atoms with Crippen molar-refractivity contribution in [3.8, 4) is 40.1 Å². The number of phenols is 3. The molecule has 3 N–H and O–H groups in total. The van der Waals surface area contributed by atoms with Crippen LogP contribution in [0, 0.1) is 0 Å². The van der Waals surface area contributed by atoms with E-state index < -0.39 is 34.6 Å². The number of methoxy groups -OCH3 is 2. The zero-order valence-electron chi connectivity index (χ0n) is 21.3. The van der Waals surface area contributed by atoms with Gasteiger partial charge in [-0.2, -0.15) is 0 Å². The number of ether oxygens (including phenoxy) is 3. The first-order chi connectivity index (χ1) is 18.2. The first-order valence-corrected chi connectivity index (χ1v) is 11.9. The largest absolute Gasteiger partial charge is 0.504 e. The Balaban J connectivity index is 2.13. The maximum Gasteiger partial charge on any atom is 0.306 e. The van der Waals surface area contributed by atoms with Crippen LogP contribution >= 0.6 is 0 Å². The van der Waals surface area contributed by atoms with E-state index in [0.717, 1.165) is 0 Å². The lowest BCUT2D eigenvalue weighted by molar-refractivity contribution is -0.140. The molecule has 0 saturated carbocycles. The fourth-order valence-corrected chi connectivity index (χ4v) is 4.39. The number of hydrogen-bond acceptors (Lipinski definition) is 9. The number of para-hydroxylation sites is 1. The number of fused-ring (bicyclic) bond motifs is 1. The van der Waals surface area contributed by atoms with Gasteiger partial charge in [-0.1, -0.05) is 42.5 Å². The fourth-order valence-electron chi connectivity index (χ4n) is 4.39. The molecule has 0 saturated heterocycles. The van der Waals surface area contributed by atoms with Crippen molar-refractivity contribution in [2.24, 2.45) is 0 Å². The van der Waals surface area contributed by atoms with Crippen molar-refractivity contribution in [1.29, 1.82) is 0 Å². The summed E-state index contributed by atoms with van der Waals surface area (Å²) in [5.74, 6) is -3.38. The third-order valence-electron chi connectivity index (χ3n) is 6.10. The summed E-state index contributed by atoms with van der Waals surface area (Å²) in [7, 11) is 2.68. The van der Waals surface area contributed by atoms with E-state index in [9.17, 15) is 24.9 Å². The second-order valence-corrected chi connectivity index (χ2v) is 8.88.